The van der Waals surface area contributed by atoms with Crippen LogP contribution in [0.25, 0.3) is 11.3 Å². The van der Waals surface area contributed by atoms with Crippen LogP contribution in [0.15, 0.2) is 24.3 Å². The van der Waals surface area contributed by atoms with E-state index in [2.05, 4.69) is 4.98 Å². The van der Waals surface area contributed by atoms with Gasteiger partial charge < -0.3 is 19.9 Å². The van der Waals surface area contributed by atoms with Gasteiger partial charge in [-0.15, -0.1) is 0 Å². The molecule has 0 bridgehead atoms. The van der Waals surface area contributed by atoms with E-state index in [1.807, 2.05) is 31.2 Å². The highest BCUT2D eigenvalue weighted by Crippen LogP contribution is 2.43. The molecule has 0 amide bonds. The van der Waals surface area contributed by atoms with Crippen molar-refractivity contribution in [1.82, 2.24) is 4.98 Å². The maximum atomic E-state index is 5.68. The van der Waals surface area contributed by atoms with Crippen molar-refractivity contribution in [1.29, 1.82) is 0 Å². The minimum Gasteiger partial charge on any atom is -0.493 e. The summed E-state index contributed by atoms with van der Waals surface area (Å²) >= 11 is 0. The molecule has 1 aromatic carbocycles. The van der Waals surface area contributed by atoms with Crippen molar-refractivity contribution in [2.75, 3.05) is 21.3 Å². The molecule has 0 aliphatic heterocycles. The summed E-state index contributed by atoms with van der Waals surface area (Å²) in [5.74, 6) is 1.78. The van der Waals surface area contributed by atoms with Gasteiger partial charge in [0.25, 0.3) is 0 Å². The van der Waals surface area contributed by atoms with Crippen LogP contribution >= 0.6 is 0 Å². The average Bonchev–Trinajstić information content (AvgIpc) is 2.52. The molecular formula is C16H20N2O3. The molecule has 5 nitrogen and oxygen atoms in total. The number of aromatic nitrogens is 1. The Morgan fingerprint density at radius 2 is 1.67 bits per heavy atom. The molecule has 2 rings (SSSR count). The van der Waals surface area contributed by atoms with Crippen molar-refractivity contribution in [3.05, 3.63) is 35.5 Å². The van der Waals surface area contributed by atoms with Crippen molar-refractivity contribution in [2.45, 2.75) is 13.5 Å². The van der Waals surface area contributed by atoms with E-state index in [0.29, 0.717) is 23.8 Å². The molecule has 2 N–H and O–H groups in total. The Labute approximate surface area is 124 Å². The van der Waals surface area contributed by atoms with Gasteiger partial charge in [0.15, 0.2) is 11.5 Å². The number of rotatable bonds is 5. The first kappa shape index (κ1) is 15.1. The zero-order valence-electron chi connectivity index (χ0n) is 12.8. The zero-order valence-corrected chi connectivity index (χ0v) is 12.8. The second-order valence-corrected chi connectivity index (χ2v) is 4.53. The zero-order chi connectivity index (χ0) is 15.4. The third kappa shape index (κ3) is 2.78. The molecule has 1 aromatic heterocycles. The van der Waals surface area contributed by atoms with Crippen molar-refractivity contribution in [2.24, 2.45) is 5.73 Å². The molecule has 1 heterocycles. The number of pyridine rings is 1. The van der Waals surface area contributed by atoms with Crippen molar-refractivity contribution in [3.8, 4) is 28.5 Å². The normalized spacial score (nSPS) is 10.3. The van der Waals surface area contributed by atoms with Gasteiger partial charge >= 0.3 is 0 Å². The lowest BCUT2D eigenvalue weighted by molar-refractivity contribution is 0.325. The second-order valence-electron chi connectivity index (χ2n) is 4.53. The highest BCUT2D eigenvalue weighted by atomic mass is 16.5. The van der Waals surface area contributed by atoms with Gasteiger partial charge in [-0.25, -0.2) is 0 Å². The van der Waals surface area contributed by atoms with Crippen LogP contribution in [0.2, 0.25) is 0 Å². The fraction of sp³-hybridized carbons (Fsp3) is 0.312. The lowest BCUT2D eigenvalue weighted by atomic mass is 10.1. The van der Waals surface area contributed by atoms with Gasteiger partial charge in [0.1, 0.15) is 0 Å². The molecule has 5 heteroatoms. The summed E-state index contributed by atoms with van der Waals surface area (Å²) in [5, 5.41) is 0. The first-order chi connectivity index (χ1) is 10.2. The predicted octanol–water partition coefficient (Wildman–Crippen LogP) is 2.54. The summed E-state index contributed by atoms with van der Waals surface area (Å²) in [7, 11) is 4.78. The quantitative estimate of drug-likeness (QED) is 0.915. The first-order valence-corrected chi connectivity index (χ1v) is 6.62. The summed E-state index contributed by atoms with van der Waals surface area (Å²) in [4.78, 5) is 4.60. The molecule has 0 unspecified atom stereocenters. The molecule has 0 atom stereocenters. The molecule has 2 aromatic rings. The second kappa shape index (κ2) is 6.45. The van der Waals surface area contributed by atoms with Gasteiger partial charge in [0.05, 0.1) is 27.0 Å². The Balaban J connectivity index is 2.61. The van der Waals surface area contributed by atoms with Crippen LogP contribution < -0.4 is 19.9 Å². The van der Waals surface area contributed by atoms with Crippen LogP contribution in [-0.2, 0) is 6.54 Å². The highest BCUT2D eigenvalue weighted by Gasteiger charge is 2.18. The molecular weight excluding hydrogens is 268 g/mol. The fourth-order valence-corrected chi connectivity index (χ4v) is 2.26. The third-order valence-corrected chi connectivity index (χ3v) is 3.40. The number of nitrogens with two attached hydrogens (primary N) is 1. The highest BCUT2D eigenvalue weighted by molar-refractivity contribution is 5.74. The van der Waals surface area contributed by atoms with Crippen LogP contribution in [0.3, 0.4) is 0 Å². The van der Waals surface area contributed by atoms with Crippen molar-refractivity contribution >= 4 is 0 Å². The monoisotopic (exact) mass is 288 g/mol. The molecule has 21 heavy (non-hydrogen) atoms. The number of benzene rings is 1. The van der Waals surface area contributed by atoms with Crippen LogP contribution in [0, 0.1) is 6.92 Å². The number of hydrogen-bond acceptors (Lipinski definition) is 5. The fourth-order valence-electron chi connectivity index (χ4n) is 2.26. The van der Waals surface area contributed by atoms with Gasteiger partial charge in [0, 0.05) is 17.8 Å². The van der Waals surface area contributed by atoms with Crippen LogP contribution in [-0.4, -0.2) is 26.3 Å². The van der Waals surface area contributed by atoms with Gasteiger partial charge in [0.2, 0.25) is 5.75 Å². The summed E-state index contributed by atoms with van der Waals surface area (Å²) < 4.78 is 16.2. The number of methoxy groups -OCH3 is 3. The predicted molar refractivity (Wildman–Crippen MR) is 82.0 cm³/mol. The average molecular weight is 288 g/mol. The number of aryl methyl sites for hydroxylation is 1. The number of nitrogens with zero attached hydrogens (tertiary/aromatic N) is 1. The molecule has 0 aliphatic carbocycles. The van der Waals surface area contributed by atoms with Gasteiger partial charge in [-0.05, 0) is 30.7 Å². The molecule has 0 saturated heterocycles. The molecule has 0 spiro atoms. The smallest absolute Gasteiger partial charge is 0.203 e. The summed E-state index contributed by atoms with van der Waals surface area (Å²) in [6, 6.07) is 7.65. The topological polar surface area (TPSA) is 66.6 Å². The van der Waals surface area contributed by atoms with E-state index >= 15 is 0 Å². The largest absolute Gasteiger partial charge is 0.493 e. The van der Waals surface area contributed by atoms with Gasteiger partial charge in [-0.3, -0.25) is 4.98 Å². The Bertz CT molecular complexity index is 642. The summed E-state index contributed by atoms with van der Waals surface area (Å²) in [6.07, 6.45) is 0. The van der Waals surface area contributed by atoms with E-state index in [-0.39, 0.29) is 0 Å². The van der Waals surface area contributed by atoms with Gasteiger partial charge in [-0.2, -0.15) is 0 Å². The maximum Gasteiger partial charge on any atom is 0.203 e. The number of ether oxygens (including phenoxy) is 3. The van der Waals surface area contributed by atoms with Crippen molar-refractivity contribution in [3.63, 3.8) is 0 Å². The molecule has 0 saturated carbocycles. The molecule has 112 valence electrons. The SMILES string of the molecule is COc1ccc(-c2ccc(CN)c(C)n2)c(OC)c1OC. The lowest BCUT2D eigenvalue weighted by Crippen LogP contribution is -2.02. The maximum absolute atomic E-state index is 5.68. The summed E-state index contributed by atoms with van der Waals surface area (Å²) in [6.45, 7) is 2.42. The Hall–Kier alpha value is -2.27. The third-order valence-electron chi connectivity index (χ3n) is 3.40. The van der Waals surface area contributed by atoms with E-state index in [0.717, 1.165) is 22.5 Å². The standard InChI is InChI=1S/C16H20N2O3/c1-10-11(9-17)5-7-13(18-10)12-6-8-14(19-2)16(21-4)15(12)20-3/h5-8H,9,17H2,1-4H3. The van der Waals surface area contributed by atoms with E-state index in [1.54, 1.807) is 21.3 Å². The minimum atomic E-state index is 0.474. The van der Waals surface area contributed by atoms with E-state index in [1.165, 1.54) is 0 Å². The summed E-state index contributed by atoms with van der Waals surface area (Å²) in [5.41, 5.74) is 9.27. The minimum absolute atomic E-state index is 0.474. The van der Waals surface area contributed by atoms with Crippen LogP contribution in [0.5, 0.6) is 17.2 Å². The van der Waals surface area contributed by atoms with Crippen molar-refractivity contribution < 1.29 is 14.2 Å². The molecule has 0 radical (unpaired) electrons. The Morgan fingerprint density at radius 3 is 2.19 bits per heavy atom. The molecule has 0 fully saturated rings. The number of hydrogen-bond donors (Lipinski definition) is 1. The Morgan fingerprint density at radius 1 is 0.952 bits per heavy atom. The van der Waals surface area contributed by atoms with Crippen LogP contribution in [0.4, 0.5) is 0 Å². The lowest BCUT2D eigenvalue weighted by Gasteiger charge is -2.16. The molecule has 0 aliphatic rings. The van der Waals surface area contributed by atoms with E-state index < -0.39 is 0 Å². The van der Waals surface area contributed by atoms with E-state index in [4.69, 9.17) is 19.9 Å². The van der Waals surface area contributed by atoms with E-state index in [9.17, 15) is 0 Å². The Kier molecular flexibility index (Phi) is 4.65. The van der Waals surface area contributed by atoms with Crippen LogP contribution in [0.1, 0.15) is 11.3 Å². The van der Waals surface area contributed by atoms with Gasteiger partial charge in [-0.1, -0.05) is 6.07 Å². The first-order valence-electron chi connectivity index (χ1n) is 6.62.